The van der Waals surface area contributed by atoms with E-state index in [4.69, 9.17) is 9.72 Å². The summed E-state index contributed by atoms with van der Waals surface area (Å²) in [4.78, 5) is 31.7. The Bertz CT molecular complexity index is 922. The summed E-state index contributed by atoms with van der Waals surface area (Å²) in [7, 11) is 0. The number of piperidine rings is 1. The van der Waals surface area contributed by atoms with Crippen LogP contribution < -0.4 is 5.56 Å². The fourth-order valence-electron chi connectivity index (χ4n) is 4.11. The highest BCUT2D eigenvalue weighted by atomic mass is 16.6. The number of nitrogens with zero attached hydrogens (tertiary/aromatic N) is 3. The molecule has 1 N–H and O–H groups in total. The Morgan fingerprint density at radius 2 is 2.04 bits per heavy atom. The average Bonchev–Trinajstić information content (AvgIpc) is 3.05. The van der Waals surface area contributed by atoms with Crippen molar-refractivity contribution < 1.29 is 9.53 Å². The maximum absolute atomic E-state index is 12.8. The summed E-state index contributed by atoms with van der Waals surface area (Å²) in [6.07, 6.45) is 5.47. The van der Waals surface area contributed by atoms with Gasteiger partial charge in [-0.05, 0) is 59.3 Å². The fourth-order valence-corrected chi connectivity index (χ4v) is 4.11. The largest absolute Gasteiger partial charge is 0.444 e. The van der Waals surface area contributed by atoms with E-state index in [-0.39, 0.29) is 17.6 Å². The summed E-state index contributed by atoms with van der Waals surface area (Å²) < 4.78 is 7.09. The number of aryl methyl sites for hydroxylation is 1. The fraction of sp³-hybridized carbons (Fsp3) is 0.650. The van der Waals surface area contributed by atoms with Gasteiger partial charge in [0.2, 0.25) is 0 Å². The van der Waals surface area contributed by atoms with Gasteiger partial charge in [-0.15, -0.1) is 0 Å². The number of fused-ring (bicyclic) bond motifs is 2. The number of carbonyl (C=O) groups excluding carboxylic acids is 1. The number of aromatic nitrogens is 3. The van der Waals surface area contributed by atoms with E-state index < -0.39 is 5.60 Å². The highest BCUT2D eigenvalue weighted by molar-refractivity contribution is 5.68. The van der Waals surface area contributed by atoms with Gasteiger partial charge in [0.05, 0.1) is 5.69 Å². The molecule has 1 aliphatic heterocycles. The first kappa shape index (κ1) is 18.1. The third-order valence-electron chi connectivity index (χ3n) is 5.42. The van der Waals surface area contributed by atoms with Crippen LogP contribution in [0.1, 0.15) is 69.3 Å². The van der Waals surface area contributed by atoms with Crippen LogP contribution in [0.4, 0.5) is 4.79 Å². The minimum Gasteiger partial charge on any atom is -0.444 e. The Morgan fingerprint density at radius 3 is 2.81 bits per heavy atom. The first-order valence-corrected chi connectivity index (χ1v) is 9.93. The number of amides is 1. The first-order chi connectivity index (χ1) is 12.8. The lowest BCUT2D eigenvalue weighted by molar-refractivity contribution is 0.0197. The number of ether oxygens (including phenoxy) is 1. The van der Waals surface area contributed by atoms with Crippen LogP contribution in [0.2, 0.25) is 0 Å². The van der Waals surface area contributed by atoms with E-state index in [2.05, 4.69) is 5.10 Å². The summed E-state index contributed by atoms with van der Waals surface area (Å²) in [6.45, 7) is 6.94. The number of H-pyrrole nitrogens is 1. The first-order valence-electron chi connectivity index (χ1n) is 9.93. The predicted octanol–water partition coefficient (Wildman–Crippen LogP) is 3.02. The lowest BCUT2D eigenvalue weighted by atomic mass is 9.95. The zero-order valence-electron chi connectivity index (χ0n) is 16.4. The SMILES string of the molecule is CC(C)(C)OC(=O)N1CCC[C@H](c2cc3nc4c(c(=O)n3[nH]2)CCCC4)C1. The van der Waals surface area contributed by atoms with Crippen LogP contribution in [0.5, 0.6) is 0 Å². The number of aromatic amines is 1. The quantitative estimate of drug-likeness (QED) is 0.834. The smallest absolute Gasteiger partial charge is 0.410 e. The average molecular weight is 372 g/mol. The van der Waals surface area contributed by atoms with Crippen molar-refractivity contribution in [2.24, 2.45) is 0 Å². The van der Waals surface area contributed by atoms with Crippen molar-refractivity contribution in [1.82, 2.24) is 19.5 Å². The number of likely N-dealkylation sites (tertiary alicyclic amines) is 1. The minimum atomic E-state index is -0.499. The predicted molar refractivity (Wildman–Crippen MR) is 102 cm³/mol. The topological polar surface area (TPSA) is 79.7 Å². The third-order valence-corrected chi connectivity index (χ3v) is 5.42. The van der Waals surface area contributed by atoms with E-state index in [1.165, 1.54) is 0 Å². The van der Waals surface area contributed by atoms with Gasteiger partial charge in [0, 0.05) is 36.3 Å². The molecule has 0 bridgehead atoms. The van der Waals surface area contributed by atoms with Crippen LogP contribution in [-0.4, -0.2) is 44.3 Å². The van der Waals surface area contributed by atoms with Crippen LogP contribution in [0.15, 0.2) is 10.9 Å². The monoisotopic (exact) mass is 372 g/mol. The molecule has 0 saturated carbocycles. The minimum absolute atomic E-state index is 0.0285. The van der Waals surface area contributed by atoms with Gasteiger partial charge in [0.25, 0.3) is 5.56 Å². The summed E-state index contributed by atoms with van der Waals surface area (Å²) in [5.41, 5.74) is 2.99. The van der Waals surface area contributed by atoms with Gasteiger partial charge >= 0.3 is 6.09 Å². The molecular formula is C20H28N4O3. The van der Waals surface area contributed by atoms with Gasteiger partial charge < -0.3 is 9.64 Å². The highest BCUT2D eigenvalue weighted by Gasteiger charge is 2.29. The number of rotatable bonds is 1. The van der Waals surface area contributed by atoms with Gasteiger partial charge in [-0.3, -0.25) is 9.89 Å². The van der Waals surface area contributed by atoms with E-state index >= 15 is 0 Å². The summed E-state index contributed by atoms with van der Waals surface area (Å²) in [5.74, 6) is 0.157. The molecule has 1 atom stereocenters. The maximum atomic E-state index is 12.8. The molecular weight excluding hydrogens is 344 g/mol. The second kappa shape index (κ2) is 6.69. The van der Waals surface area contributed by atoms with Gasteiger partial charge in [-0.25, -0.2) is 14.3 Å². The van der Waals surface area contributed by atoms with Crippen molar-refractivity contribution in [2.45, 2.75) is 70.8 Å². The van der Waals surface area contributed by atoms with Crippen LogP contribution in [0.25, 0.3) is 5.65 Å². The van der Waals surface area contributed by atoms with Gasteiger partial charge in [0.15, 0.2) is 5.65 Å². The molecule has 1 fully saturated rings. The van der Waals surface area contributed by atoms with Crippen molar-refractivity contribution in [2.75, 3.05) is 13.1 Å². The Labute approximate surface area is 158 Å². The van der Waals surface area contributed by atoms with E-state index in [1.54, 1.807) is 9.42 Å². The molecule has 7 heteroatoms. The summed E-state index contributed by atoms with van der Waals surface area (Å²) >= 11 is 0. The summed E-state index contributed by atoms with van der Waals surface area (Å²) in [5, 5.41) is 3.25. The molecule has 146 valence electrons. The Morgan fingerprint density at radius 1 is 1.26 bits per heavy atom. The molecule has 2 aromatic rings. The van der Waals surface area contributed by atoms with E-state index in [0.29, 0.717) is 18.7 Å². The Kier molecular flexibility index (Phi) is 4.48. The van der Waals surface area contributed by atoms with Crippen LogP contribution in [0.3, 0.4) is 0 Å². The van der Waals surface area contributed by atoms with E-state index in [0.717, 1.165) is 55.5 Å². The number of carbonyl (C=O) groups is 1. The van der Waals surface area contributed by atoms with Crippen molar-refractivity contribution in [3.05, 3.63) is 33.4 Å². The molecule has 0 spiro atoms. The molecule has 27 heavy (non-hydrogen) atoms. The van der Waals surface area contributed by atoms with Crippen LogP contribution in [-0.2, 0) is 17.6 Å². The molecule has 4 rings (SSSR count). The molecule has 2 aliphatic rings. The molecule has 0 unspecified atom stereocenters. The van der Waals surface area contributed by atoms with Gasteiger partial charge in [0.1, 0.15) is 5.60 Å². The molecule has 1 saturated heterocycles. The van der Waals surface area contributed by atoms with Crippen molar-refractivity contribution in [3.63, 3.8) is 0 Å². The molecule has 7 nitrogen and oxygen atoms in total. The lowest BCUT2D eigenvalue weighted by Gasteiger charge is -2.33. The third kappa shape index (κ3) is 3.59. The van der Waals surface area contributed by atoms with Crippen molar-refractivity contribution in [3.8, 4) is 0 Å². The van der Waals surface area contributed by atoms with E-state index in [1.807, 2.05) is 26.8 Å². The molecule has 2 aromatic heterocycles. The Hall–Kier alpha value is -2.31. The molecule has 1 aliphatic carbocycles. The molecule has 1 amide bonds. The zero-order chi connectivity index (χ0) is 19.2. The second-order valence-corrected chi connectivity index (χ2v) is 8.72. The normalized spacial score (nSPS) is 20.6. The number of hydrogen-bond donors (Lipinski definition) is 1. The van der Waals surface area contributed by atoms with Crippen molar-refractivity contribution >= 4 is 11.7 Å². The standard InChI is InChI=1S/C20H28N4O3/c1-20(2,3)27-19(26)23-10-6-7-13(12-23)16-11-17-21-15-9-5-4-8-14(15)18(25)24(17)22-16/h11,13,22H,4-10,12H2,1-3H3/t13-/m0/s1. The number of hydrogen-bond acceptors (Lipinski definition) is 4. The molecule has 0 aromatic carbocycles. The summed E-state index contributed by atoms with van der Waals surface area (Å²) in [6, 6.07) is 1.97. The van der Waals surface area contributed by atoms with Gasteiger partial charge in [-0.1, -0.05) is 0 Å². The Balaban J connectivity index is 1.59. The molecule has 3 heterocycles. The zero-order valence-corrected chi connectivity index (χ0v) is 16.4. The van der Waals surface area contributed by atoms with Crippen molar-refractivity contribution in [1.29, 1.82) is 0 Å². The molecule has 0 radical (unpaired) electrons. The second-order valence-electron chi connectivity index (χ2n) is 8.72. The lowest BCUT2D eigenvalue weighted by Crippen LogP contribution is -2.42. The van der Waals surface area contributed by atoms with Crippen LogP contribution in [0, 0.1) is 0 Å². The van der Waals surface area contributed by atoms with Gasteiger partial charge in [-0.2, -0.15) is 0 Å². The highest BCUT2D eigenvalue weighted by Crippen LogP contribution is 2.28. The maximum Gasteiger partial charge on any atom is 0.410 e. The van der Waals surface area contributed by atoms with E-state index in [9.17, 15) is 9.59 Å². The number of nitrogens with one attached hydrogen (secondary N) is 1. The van der Waals surface area contributed by atoms with Crippen LogP contribution >= 0.6 is 0 Å².